The van der Waals surface area contributed by atoms with Gasteiger partial charge in [0.25, 0.3) is 0 Å². The Morgan fingerprint density at radius 1 is 1.25 bits per heavy atom. The smallest absolute Gasteiger partial charge is 0.122 e. The van der Waals surface area contributed by atoms with Gasteiger partial charge in [0, 0.05) is 6.54 Å². The summed E-state index contributed by atoms with van der Waals surface area (Å²) >= 11 is 0. The van der Waals surface area contributed by atoms with Gasteiger partial charge in [-0.15, -0.1) is 0 Å². The third kappa shape index (κ3) is 3.86. The number of benzene rings is 1. The average molecular weight is 221 g/mol. The van der Waals surface area contributed by atoms with Crippen LogP contribution in [0.15, 0.2) is 18.2 Å². The maximum Gasteiger partial charge on any atom is 0.122 e. The van der Waals surface area contributed by atoms with E-state index in [-0.39, 0.29) is 6.10 Å². The molecule has 90 valence electrons. The summed E-state index contributed by atoms with van der Waals surface area (Å²) in [5.74, 6) is 1.01. The lowest BCUT2D eigenvalue weighted by atomic mass is 10.1. The molecule has 0 aliphatic heterocycles. The second kappa shape index (κ2) is 6.54. The minimum atomic E-state index is 0.265. The van der Waals surface area contributed by atoms with E-state index in [1.54, 1.807) is 0 Å². The summed E-state index contributed by atoms with van der Waals surface area (Å²) in [6.07, 6.45) is 1.29. The van der Waals surface area contributed by atoms with Gasteiger partial charge in [-0.3, -0.25) is 0 Å². The number of likely N-dealkylation sites (N-methyl/N-ethyl adjacent to an activating group) is 1. The summed E-state index contributed by atoms with van der Waals surface area (Å²) in [6.45, 7) is 10.4. The molecule has 0 saturated heterocycles. The van der Waals surface area contributed by atoms with Crippen molar-refractivity contribution in [2.24, 2.45) is 0 Å². The van der Waals surface area contributed by atoms with Crippen molar-refractivity contribution < 1.29 is 4.74 Å². The number of hydrogen-bond donors (Lipinski definition) is 1. The normalized spacial score (nSPS) is 12.5. The highest BCUT2D eigenvalue weighted by molar-refractivity contribution is 5.35. The SMILES string of the molecule is CCNCC(CC)Oc1ccc(C)cc1C. The highest BCUT2D eigenvalue weighted by atomic mass is 16.5. The van der Waals surface area contributed by atoms with E-state index in [9.17, 15) is 0 Å². The van der Waals surface area contributed by atoms with Gasteiger partial charge in [0.05, 0.1) is 0 Å². The zero-order chi connectivity index (χ0) is 12.0. The Labute approximate surface area is 99.0 Å². The Bertz CT molecular complexity index is 323. The van der Waals surface area contributed by atoms with Gasteiger partial charge in [-0.25, -0.2) is 0 Å². The largest absolute Gasteiger partial charge is 0.489 e. The van der Waals surface area contributed by atoms with E-state index in [0.717, 1.165) is 25.3 Å². The molecule has 0 fully saturated rings. The molecule has 0 amide bonds. The molecule has 0 bridgehead atoms. The Hall–Kier alpha value is -1.02. The summed E-state index contributed by atoms with van der Waals surface area (Å²) < 4.78 is 5.99. The Kier molecular flexibility index (Phi) is 5.33. The molecule has 1 unspecified atom stereocenters. The summed E-state index contributed by atoms with van der Waals surface area (Å²) in [4.78, 5) is 0. The van der Waals surface area contributed by atoms with Crippen LogP contribution < -0.4 is 10.1 Å². The Balaban J connectivity index is 2.62. The lowest BCUT2D eigenvalue weighted by Gasteiger charge is -2.19. The molecule has 0 aliphatic carbocycles. The van der Waals surface area contributed by atoms with Crippen LogP contribution in [0.2, 0.25) is 0 Å². The van der Waals surface area contributed by atoms with E-state index in [4.69, 9.17) is 4.74 Å². The standard InChI is InChI=1S/C14H23NO/c1-5-13(10-15-6-2)16-14-8-7-11(3)9-12(14)4/h7-9,13,15H,5-6,10H2,1-4H3. The fraction of sp³-hybridized carbons (Fsp3) is 0.571. The van der Waals surface area contributed by atoms with Crippen LogP contribution in [0.3, 0.4) is 0 Å². The summed E-state index contributed by atoms with van der Waals surface area (Å²) in [6, 6.07) is 6.33. The fourth-order valence-corrected chi connectivity index (χ4v) is 1.69. The number of nitrogens with one attached hydrogen (secondary N) is 1. The van der Waals surface area contributed by atoms with Gasteiger partial charge in [-0.05, 0) is 38.4 Å². The van der Waals surface area contributed by atoms with Crippen LogP contribution in [0.4, 0.5) is 0 Å². The van der Waals surface area contributed by atoms with Crippen LogP contribution in [0.5, 0.6) is 5.75 Å². The van der Waals surface area contributed by atoms with Crippen molar-refractivity contribution in [2.75, 3.05) is 13.1 Å². The van der Waals surface area contributed by atoms with E-state index < -0.39 is 0 Å². The summed E-state index contributed by atoms with van der Waals surface area (Å²) in [5, 5.41) is 3.33. The van der Waals surface area contributed by atoms with Crippen molar-refractivity contribution in [1.29, 1.82) is 0 Å². The van der Waals surface area contributed by atoms with Crippen molar-refractivity contribution >= 4 is 0 Å². The van der Waals surface area contributed by atoms with Gasteiger partial charge >= 0.3 is 0 Å². The molecular weight excluding hydrogens is 198 g/mol. The van der Waals surface area contributed by atoms with Gasteiger partial charge < -0.3 is 10.1 Å². The van der Waals surface area contributed by atoms with E-state index in [1.165, 1.54) is 11.1 Å². The van der Waals surface area contributed by atoms with Crippen molar-refractivity contribution in [3.63, 3.8) is 0 Å². The first-order valence-electron chi connectivity index (χ1n) is 6.12. The maximum atomic E-state index is 5.99. The third-order valence-corrected chi connectivity index (χ3v) is 2.70. The topological polar surface area (TPSA) is 21.3 Å². The molecule has 2 heteroatoms. The summed E-state index contributed by atoms with van der Waals surface area (Å²) in [7, 11) is 0. The monoisotopic (exact) mass is 221 g/mol. The van der Waals surface area contributed by atoms with E-state index in [0.29, 0.717) is 0 Å². The molecule has 0 aliphatic rings. The van der Waals surface area contributed by atoms with Gasteiger partial charge in [-0.2, -0.15) is 0 Å². The van der Waals surface area contributed by atoms with Gasteiger partial charge in [0.2, 0.25) is 0 Å². The van der Waals surface area contributed by atoms with Crippen LogP contribution in [0.25, 0.3) is 0 Å². The minimum absolute atomic E-state index is 0.265. The van der Waals surface area contributed by atoms with Gasteiger partial charge in [-0.1, -0.05) is 31.5 Å². The third-order valence-electron chi connectivity index (χ3n) is 2.70. The minimum Gasteiger partial charge on any atom is -0.489 e. The predicted octanol–water partition coefficient (Wildman–Crippen LogP) is 3.07. The lowest BCUT2D eigenvalue weighted by Crippen LogP contribution is -2.30. The second-order valence-electron chi connectivity index (χ2n) is 4.22. The molecule has 1 atom stereocenters. The first-order chi connectivity index (χ1) is 7.67. The molecule has 16 heavy (non-hydrogen) atoms. The quantitative estimate of drug-likeness (QED) is 0.797. The first kappa shape index (κ1) is 13.0. The molecule has 0 spiro atoms. The molecule has 1 N–H and O–H groups in total. The van der Waals surface area contributed by atoms with Gasteiger partial charge in [0.1, 0.15) is 11.9 Å². The highest BCUT2D eigenvalue weighted by Crippen LogP contribution is 2.20. The average Bonchev–Trinajstić information content (AvgIpc) is 2.27. The van der Waals surface area contributed by atoms with Crippen LogP contribution in [0, 0.1) is 13.8 Å². The zero-order valence-electron chi connectivity index (χ0n) is 10.8. The molecule has 0 saturated carbocycles. The molecular formula is C14H23NO. The molecule has 0 radical (unpaired) electrons. The zero-order valence-corrected chi connectivity index (χ0v) is 10.8. The molecule has 1 rings (SSSR count). The van der Waals surface area contributed by atoms with Crippen molar-refractivity contribution in [1.82, 2.24) is 5.32 Å². The van der Waals surface area contributed by atoms with E-state index in [2.05, 4.69) is 51.2 Å². The van der Waals surface area contributed by atoms with Crippen LogP contribution in [-0.4, -0.2) is 19.2 Å². The molecule has 1 aromatic carbocycles. The second-order valence-corrected chi connectivity index (χ2v) is 4.22. The number of ether oxygens (including phenoxy) is 1. The van der Waals surface area contributed by atoms with E-state index >= 15 is 0 Å². The first-order valence-corrected chi connectivity index (χ1v) is 6.12. The van der Waals surface area contributed by atoms with E-state index in [1.807, 2.05) is 0 Å². The highest BCUT2D eigenvalue weighted by Gasteiger charge is 2.08. The van der Waals surface area contributed by atoms with Crippen molar-refractivity contribution in [3.05, 3.63) is 29.3 Å². The molecule has 0 aromatic heterocycles. The fourth-order valence-electron chi connectivity index (χ4n) is 1.69. The van der Waals surface area contributed by atoms with Gasteiger partial charge in [0.15, 0.2) is 0 Å². The number of hydrogen-bond acceptors (Lipinski definition) is 2. The maximum absolute atomic E-state index is 5.99. The number of aryl methyl sites for hydroxylation is 2. The van der Waals surface area contributed by atoms with Crippen molar-refractivity contribution in [2.45, 2.75) is 40.2 Å². The van der Waals surface area contributed by atoms with Crippen molar-refractivity contribution in [3.8, 4) is 5.75 Å². The molecule has 0 heterocycles. The van der Waals surface area contributed by atoms with Crippen LogP contribution in [-0.2, 0) is 0 Å². The summed E-state index contributed by atoms with van der Waals surface area (Å²) in [5.41, 5.74) is 2.50. The number of rotatable bonds is 6. The molecule has 2 nitrogen and oxygen atoms in total. The Morgan fingerprint density at radius 3 is 2.56 bits per heavy atom. The molecule has 1 aromatic rings. The van der Waals surface area contributed by atoms with Crippen LogP contribution >= 0.6 is 0 Å². The Morgan fingerprint density at radius 2 is 2.00 bits per heavy atom. The predicted molar refractivity (Wildman–Crippen MR) is 69.2 cm³/mol. The van der Waals surface area contributed by atoms with Crippen LogP contribution in [0.1, 0.15) is 31.4 Å². The lowest BCUT2D eigenvalue weighted by molar-refractivity contribution is 0.193.